The molecule has 7 heteroatoms. The molecule has 118 valence electrons. The maximum Gasteiger partial charge on any atom is 0.245 e. The summed E-state index contributed by atoms with van der Waals surface area (Å²) < 4.78 is 4.86. The minimum absolute atomic E-state index is 0.00339. The first-order chi connectivity index (χ1) is 9.93. The number of aryl methyl sites for hydroxylation is 1. The Kier molecular flexibility index (Phi) is 7.28. The Bertz CT molecular complexity index is 476. The van der Waals surface area contributed by atoms with Crippen molar-refractivity contribution in [3.63, 3.8) is 0 Å². The fourth-order valence-electron chi connectivity index (χ4n) is 1.69. The number of carbonyl (C=O) groups is 2. The lowest BCUT2D eigenvalue weighted by Crippen LogP contribution is -2.39. The van der Waals surface area contributed by atoms with E-state index in [-0.39, 0.29) is 23.6 Å². The van der Waals surface area contributed by atoms with Gasteiger partial charge in [-0.25, -0.2) is 0 Å². The molecule has 0 spiro atoms. The third kappa shape index (κ3) is 6.20. The van der Waals surface area contributed by atoms with Crippen molar-refractivity contribution in [2.24, 2.45) is 0 Å². The largest absolute Gasteiger partial charge is 0.360 e. The average Bonchev–Trinajstić information content (AvgIpc) is 2.83. The van der Waals surface area contributed by atoms with E-state index in [9.17, 15) is 9.59 Å². The molecule has 1 atom stereocenters. The SMILES string of the molecule is CCCCS[C@H](C)C(=O)N(C)CC(=O)Nc1cc(C)on1. The first kappa shape index (κ1) is 17.6. The van der Waals surface area contributed by atoms with E-state index in [1.807, 2.05) is 6.92 Å². The number of anilines is 1. The standard InChI is InChI=1S/C14H23N3O3S/c1-5-6-7-21-11(3)14(19)17(4)9-13(18)15-12-8-10(2)20-16-12/h8,11H,5-7,9H2,1-4H3,(H,15,16,18)/t11-/m1/s1. The lowest BCUT2D eigenvalue weighted by atomic mass is 10.4. The van der Waals surface area contributed by atoms with E-state index in [1.165, 1.54) is 4.90 Å². The topological polar surface area (TPSA) is 75.4 Å². The number of rotatable bonds is 8. The second-order valence-electron chi connectivity index (χ2n) is 4.93. The van der Waals surface area contributed by atoms with Gasteiger partial charge in [0.25, 0.3) is 0 Å². The first-order valence-electron chi connectivity index (χ1n) is 7.03. The Hall–Kier alpha value is -1.50. The molecule has 1 aromatic heterocycles. The zero-order chi connectivity index (χ0) is 15.8. The molecule has 21 heavy (non-hydrogen) atoms. The maximum atomic E-state index is 12.1. The molecule has 2 amide bonds. The molecule has 0 radical (unpaired) electrons. The number of nitrogens with one attached hydrogen (secondary N) is 1. The Labute approximate surface area is 129 Å². The van der Waals surface area contributed by atoms with Crippen LogP contribution in [0.5, 0.6) is 0 Å². The lowest BCUT2D eigenvalue weighted by molar-refractivity contribution is -0.132. The van der Waals surface area contributed by atoms with E-state index in [0.29, 0.717) is 11.6 Å². The van der Waals surface area contributed by atoms with E-state index < -0.39 is 0 Å². The second-order valence-corrected chi connectivity index (χ2v) is 6.38. The smallest absolute Gasteiger partial charge is 0.245 e. The second kappa shape index (κ2) is 8.71. The lowest BCUT2D eigenvalue weighted by Gasteiger charge is -2.20. The predicted octanol–water partition coefficient (Wildman–Crippen LogP) is 2.30. The number of hydrogen-bond donors (Lipinski definition) is 1. The molecular weight excluding hydrogens is 290 g/mol. The molecule has 0 aromatic carbocycles. The van der Waals surface area contributed by atoms with E-state index in [0.717, 1.165) is 18.6 Å². The number of unbranched alkanes of at least 4 members (excludes halogenated alkanes) is 1. The molecule has 0 bridgehead atoms. The van der Waals surface area contributed by atoms with Crippen molar-refractivity contribution in [1.29, 1.82) is 0 Å². The molecule has 6 nitrogen and oxygen atoms in total. The van der Waals surface area contributed by atoms with Gasteiger partial charge in [0.1, 0.15) is 5.76 Å². The molecule has 0 fully saturated rings. The Morgan fingerprint density at radius 2 is 2.24 bits per heavy atom. The normalized spacial score (nSPS) is 12.0. The summed E-state index contributed by atoms with van der Waals surface area (Å²) in [7, 11) is 1.63. The number of amides is 2. The van der Waals surface area contributed by atoms with Crippen LogP contribution in [0.2, 0.25) is 0 Å². The molecule has 1 N–H and O–H groups in total. The molecular formula is C14H23N3O3S. The highest BCUT2D eigenvalue weighted by atomic mass is 32.2. The fourth-order valence-corrected chi connectivity index (χ4v) is 2.82. The van der Waals surface area contributed by atoms with E-state index in [4.69, 9.17) is 4.52 Å². The number of nitrogens with zero attached hydrogens (tertiary/aromatic N) is 2. The molecule has 0 saturated carbocycles. The molecule has 1 heterocycles. The van der Waals surface area contributed by atoms with Gasteiger partial charge in [-0.15, -0.1) is 11.8 Å². The number of hydrogen-bond acceptors (Lipinski definition) is 5. The van der Waals surface area contributed by atoms with Gasteiger partial charge >= 0.3 is 0 Å². The van der Waals surface area contributed by atoms with Crippen molar-refractivity contribution in [3.05, 3.63) is 11.8 Å². The zero-order valence-electron chi connectivity index (χ0n) is 13.0. The molecule has 0 aliphatic carbocycles. The van der Waals surface area contributed by atoms with Gasteiger partial charge in [-0.1, -0.05) is 18.5 Å². The van der Waals surface area contributed by atoms with Crippen LogP contribution in [0.4, 0.5) is 5.82 Å². The zero-order valence-corrected chi connectivity index (χ0v) is 13.8. The van der Waals surface area contributed by atoms with Crippen LogP contribution in [0.25, 0.3) is 0 Å². The van der Waals surface area contributed by atoms with Crippen molar-refractivity contribution >= 4 is 29.4 Å². The minimum atomic E-state index is -0.287. The van der Waals surface area contributed by atoms with E-state index in [1.54, 1.807) is 31.8 Å². The van der Waals surface area contributed by atoms with Crippen molar-refractivity contribution in [2.45, 2.75) is 38.9 Å². The molecule has 0 saturated heterocycles. The van der Waals surface area contributed by atoms with Crippen LogP contribution in [0.1, 0.15) is 32.4 Å². The van der Waals surface area contributed by atoms with Gasteiger partial charge in [0.15, 0.2) is 5.82 Å². The van der Waals surface area contributed by atoms with Crippen LogP contribution < -0.4 is 5.32 Å². The van der Waals surface area contributed by atoms with Crippen LogP contribution in [0.15, 0.2) is 10.6 Å². The van der Waals surface area contributed by atoms with Gasteiger partial charge in [-0.05, 0) is 26.0 Å². The minimum Gasteiger partial charge on any atom is -0.360 e. The Morgan fingerprint density at radius 1 is 1.52 bits per heavy atom. The Morgan fingerprint density at radius 3 is 2.81 bits per heavy atom. The Balaban J connectivity index is 2.38. The summed E-state index contributed by atoms with van der Waals surface area (Å²) in [5, 5.41) is 6.14. The van der Waals surface area contributed by atoms with Gasteiger partial charge in [0.2, 0.25) is 11.8 Å². The molecule has 0 aliphatic heterocycles. The van der Waals surface area contributed by atoms with Crippen molar-refractivity contribution in [2.75, 3.05) is 24.7 Å². The highest BCUT2D eigenvalue weighted by Gasteiger charge is 2.20. The van der Waals surface area contributed by atoms with Crippen LogP contribution in [-0.4, -0.2) is 46.5 Å². The summed E-state index contributed by atoms with van der Waals surface area (Å²) >= 11 is 1.62. The number of likely N-dealkylation sites (N-methyl/N-ethyl adjacent to an activating group) is 1. The molecule has 0 unspecified atom stereocenters. The summed E-state index contributed by atoms with van der Waals surface area (Å²) in [6, 6.07) is 1.63. The van der Waals surface area contributed by atoms with Crippen LogP contribution in [0, 0.1) is 6.92 Å². The van der Waals surface area contributed by atoms with Gasteiger partial charge in [0.05, 0.1) is 11.8 Å². The third-order valence-corrected chi connectivity index (χ3v) is 4.09. The van der Waals surface area contributed by atoms with Gasteiger partial charge < -0.3 is 14.7 Å². The molecule has 0 aliphatic rings. The van der Waals surface area contributed by atoms with Crippen LogP contribution >= 0.6 is 11.8 Å². The van der Waals surface area contributed by atoms with Crippen molar-refractivity contribution in [3.8, 4) is 0 Å². The quantitative estimate of drug-likeness (QED) is 0.745. The van der Waals surface area contributed by atoms with Gasteiger partial charge in [0, 0.05) is 13.1 Å². The summed E-state index contributed by atoms with van der Waals surface area (Å²) in [5.74, 6) is 1.62. The van der Waals surface area contributed by atoms with Crippen molar-refractivity contribution in [1.82, 2.24) is 10.1 Å². The summed E-state index contributed by atoms with van der Waals surface area (Å²) in [5.41, 5.74) is 0. The number of thioether (sulfide) groups is 1. The van der Waals surface area contributed by atoms with E-state index >= 15 is 0 Å². The summed E-state index contributed by atoms with van der Waals surface area (Å²) in [6.45, 7) is 5.74. The highest BCUT2D eigenvalue weighted by Crippen LogP contribution is 2.15. The maximum absolute atomic E-state index is 12.1. The average molecular weight is 313 g/mol. The number of aromatic nitrogens is 1. The molecule has 1 aromatic rings. The van der Waals surface area contributed by atoms with Crippen LogP contribution in [0.3, 0.4) is 0 Å². The predicted molar refractivity (Wildman–Crippen MR) is 84.3 cm³/mol. The monoisotopic (exact) mass is 313 g/mol. The van der Waals surface area contributed by atoms with Gasteiger partial charge in [-0.3, -0.25) is 9.59 Å². The van der Waals surface area contributed by atoms with Crippen LogP contribution in [-0.2, 0) is 9.59 Å². The summed E-state index contributed by atoms with van der Waals surface area (Å²) in [4.78, 5) is 25.4. The molecule has 1 rings (SSSR count). The van der Waals surface area contributed by atoms with Gasteiger partial charge in [-0.2, -0.15) is 0 Å². The van der Waals surface area contributed by atoms with E-state index in [2.05, 4.69) is 17.4 Å². The summed E-state index contributed by atoms with van der Waals surface area (Å²) in [6.07, 6.45) is 2.21. The number of carbonyl (C=O) groups excluding carboxylic acids is 2. The highest BCUT2D eigenvalue weighted by molar-refractivity contribution is 8.00. The van der Waals surface area contributed by atoms with Crippen molar-refractivity contribution < 1.29 is 14.1 Å². The fraction of sp³-hybridized carbons (Fsp3) is 0.643. The first-order valence-corrected chi connectivity index (χ1v) is 8.08. The third-order valence-electron chi connectivity index (χ3n) is 2.87.